The molecule has 1 fully saturated rings. The number of amides is 1. The van der Waals surface area contributed by atoms with Crippen molar-refractivity contribution in [2.45, 2.75) is 52.5 Å². The van der Waals surface area contributed by atoms with Gasteiger partial charge in [-0.1, -0.05) is 25.4 Å². The molecule has 0 radical (unpaired) electrons. The van der Waals surface area contributed by atoms with Gasteiger partial charge in [0.25, 0.3) is 0 Å². The van der Waals surface area contributed by atoms with E-state index in [0.29, 0.717) is 16.8 Å². The van der Waals surface area contributed by atoms with Gasteiger partial charge in [0.15, 0.2) is 0 Å². The van der Waals surface area contributed by atoms with E-state index in [1.807, 2.05) is 32.6 Å². The molecule has 116 valence electrons. The molecule has 1 N–H and O–H groups in total. The molecule has 1 aliphatic heterocycles. The maximum absolute atomic E-state index is 12.4. The van der Waals surface area contributed by atoms with Gasteiger partial charge in [0.1, 0.15) is 22.8 Å². The summed E-state index contributed by atoms with van der Waals surface area (Å²) < 4.78 is 0. The lowest BCUT2D eigenvalue weighted by Crippen LogP contribution is -2.40. The third-order valence-corrected chi connectivity index (χ3v) is 4.13. The highest BCUT2D eigenvalue weighted by Crippen LogP contribution is 2.23. The van der Waals surface area contributed by atoms with E-state index in [2.05, 4.69) is 15.3 Å². The zero-order valence-corrected chi connectivity index (χ0v) is 13.9. The van der Waals surface area contributed by atoms with E-state index in [9.17, 15) is 4.79 Å². The predicted molar refractivity (Wildman–Crippen MR) is 84.8 cm³/mol. The lowest BCUT2D eigenvalue weighted by Gasteiger charge is -2.22. The van der Waals surface area contributed by atoms with Crippen LogP contribution in [-0.2, 0) is 4.79 Å². The maximum atomic E-state index is 12.4. The third-order valence-electron chi connectivity index (χ3n) is 3.76. The van der Waals surface area contributed by atoms with Crippen LogP contribution in [0.15, 0.2) is 0 Å². The summed E-state index contributed by atoms with van der Waals surface area (Å²) in [6.45, 7) is 9.47. The van der Waals surface area contributed by atoms with Gasteiger partial charge in [-0.2, -0.15) is 0 Å². The van der Waals surface area contributed by atoms with Crippen LogP contribution in [0, 0.1) is 6.92 Å². The summed E-state index contributed by atoms with van der Waals surface area (Å²) in [5.74, 6) is 1.65. The second-order valence-corrected chi connectivity index (χ2v) is 6.26. The Labute approximate surface area is 131 Å². The van der Waals surface area contributed by atoms with E-state index in [1.54, 1.807) is 0 Å². The molecule has 5 nitrogen and oxygen atoms in total. The smallest absolute Gasteiger partial charge is 0.244 e. The summed E-state index contributed by atoms with van der Waals surface area (Å²) in [5.41, 5.74) is 0.780. The topological polar surface area (TPSA) is 58.1 Å². The number of halogens is 1. The number of aromatic nitrogens is 2. The molecule has 2 heterocycles. The van der Waals surface area contributed by atoms with Crippen molar-refractivity contribution < 1.29 is 4.79 Å². The first kappa shape index (κ1) is 16.0. The highest BCUT2D eigenvalue weighted by atomic mass is 35.5. The van der Waals surface area contributed by atoms with Gasteiger partial charge in [0, 0.05) is 24.6 Å². The Kier molecular flexibility index (Phi) is 5.04. The van der Waals surface area contributed by atoms with E-state index in [-0.39, 0.29) is 17.9 Å². The Morgan fingerprint density at radius 1 is 1.24 bits per heavy atom. The molecule has 1 saturated heterocycles. The van der Waals surface area contributed by atoms with Gasteiger partial charge >= 0.3 is 0 Å². The van der Waals surface area contributed by atoms with Crippen LogP contribution in [0.4, 0.5) is 5.82 Å². The Morgan fingerprint density at radius 2 is 1.86 bits per heavy atom. The SMILES string of the molecule is Cc1c(Cl)nc(C(C)C)nc1NC(C)C(=O)N1CCCC1. The molecule has 1 aliphatic rings. The zero-order valence-electron chi connectivity index (χ0n) is 13.1. The van der Waals surface area contributed by atoms with Crippen molar-refractivity contribution in [2.75, 3.05) is 18.4 Å². The number of carbonyl (C=O) groups excluding carboxylic acids is 1. The van der Waals surface area contributed by atoms with Crippen LogP contribution in [0.3, 0.4) is 0 Å². The molecule has 1 unspecified atom stereocenters. The van der Waals surface area contributed by atoms with Crippen molar-refractivity contribution in [3.05, 3.63) is 16.5 Å². The second kappa shape index (κ2) is 6.60. The van der Waals surface area contributed by atoms with Gasteiger partial charge in [-0.15, -0.1) is 0 Å². The minimum absolute atomic E-state index is 0.118. The number of likely N-dealkylation sites (tertiary alicyclic amines) is 1. The molecule has 2 rings (SSSR count). The Morgan fingerprint density at radius 3 is 2.43 bits per heavy atom. The normalized spacial score (nSPS) is 16.4. The molecule has 0 spiro atoms. The number of hydrogen-bond acceptors (Lipinski definition) is 4. The number of nitrogens with zero attached hydrogens (tertiary/aromatic N) is 3. The monoisotopic (exact) mass is 310 g/mol. The van der Waals surface area contributed by atoms with Gasteiger partial charge in [-0.3, -0.25) is 4.79 Å². The molecule has 0 aliphatic carbocycles. The van der Waals surface area contributed by atoms with Crippen LogP contribution in [0.1, 0.15) is 50.9 Å². The number of rotatable bonds is 4. The Hall–Kier alpha value is -1.36. The fourth-order valence-electron chi connectivity index (χ4n) is 2.38. The molecular weight excluding hydrogens is 288 g/mol. The van der Waals surface area contributed by atoms with Crippen molar-refractivity contribution in [3.63, 3.8) is 0 Å². The molecule has 1 amide bonds. The summed E-state index contributed by atoms with van der Waals surface area (Å²) >= 11 is 6.17. The molecule has 0 saturated carbocycles. The largest absolute Gasteiger partial charge is 0.358 e. The molecule has 21 heavy (non-hydrogen) atoms. The standard InChI is InChI=1S/C15H23ClN4O/c1-9(2)13-18-12(16)10(3)14(19-13)17-11(4)15(21)20-7-5-6-8-20/h9,11H,5-8H2,1-4H3,(H,17,18,19). The molecule has 6 heteroatoms. The molecule has 0 bridgehead atoms. The molecule has 0 aromatic carbocycles. The highest BCUT2D eigenvalue weighted by molar-refractivity contribution is 6.30. The summed E-state index contributed by atoms with van der Waals surface area (Å²) in [7, 11) is 0. The Balaban J connectivity index is 2.16. The average molecular weight is 311 g/mol. The summed E-state index contributed by atoms with van der Waals surface area (Å²) in [5, 5.41) is 3.64. The quantitative estimate of drug-likeness (QED) is 0.869. The van der Waals surface area contributed by atoms with Crippen molar-refractivity contribution in [3.8, 4) is 0 Å². The fraction of sp³-hybridized carbons (Fsp3) is 0.667. The molecular formula is C15H23ClN4O. The lowest BCUT2D eigenvalue weighted by atomic mass is 10.2. The molecule has 1 aromatic rings. The van der Waals surface area contributed by atoms with Crippen LogP contribution < -0.4 is 5.32 Å². The number of anilines is 1. The fourth-order valence-corrected chi connectivity index (χ4v) is 2.56. The summed E-state index contributed by atoms with van der Waals surface area (Å²) in [6, 6.07) is -0.312. The van der Waals surface area contributed by atoms with Crippen LogP contribution in [0.2, 0.25) is 5.15 Å². The number of carbonyl (C=O) groups is 1. The Bertz CT molecular complexity index is 527. The number of nitrogens with one attached hydrogen (secondary N) is 1. The first-order valence-corrected chi connectivity index (χ1v) is 7.87. The summed E-state index contributed by atoms with van der Waals surface area (Å²) in [6.07, 6.45) is 2.18. The van der Waals surface area contributed by atoms with Crippen LogP contribution in [0.5, 0.6) is 0 Å². The van der Waals surface area contributed by atoms with Crippen molar-refractivity contribution in [1.29, 1.82) is 0 Å². The van der Waals surface area contributed by atoms with E-state index < -0.39 is 0 Å². The number of hydrogen-bond donors (Lipinski definition) is 1. The van der Waals surface area contributed by atoms with Gasteiger partial charge in [0.05, 0.1) is 0 Å². The van der Waals surface area contributed by atoms with E-state index in [1.165, 1.54) is 0 Å². The maximum Gasteiger partial charge on any atom is 0.244 e. The van der Waals surface area contributed by atoms with Crippen molar-refractivity contribution in [1.82, 2.24) is 14.9 Å². The highest BCUT2D eigenvalue weighted by Gasteiger charge is 2.24. The molecule has 1 aromatic heterocycles. The van der Waals surface area contributed by atoms with Gasteiger partial charge in [-0.25, -0.2) is 9.97 Å². The average Bonchev–Trinajstić information content (AvgIpc) is 2.96. The molecule has 1 atom stereocenters. The minimum atomic E-state index is -0.312. The zero-order chi connectivity index (χ0) is 15.6. The van der Waals surface area contributed by atoms with Gasteiger partial charge in [0.2, 0.25) is 5.91 Å². The van der Waals surface area contributed by atoms with Crippen LogP contribution >= 0.6 is 11.6 Å². The lowest BCUT2D eigenvalue weighted by molar-refractivity contribution is -0.130. The van der Waals surface area contributed by atoms with Gasteiger partial charge < -0.3 is 10.2 Å². The van der Waals surface area contributed by atoms with Gasteiger partial charge in [-0.05, 0) is 26.7 Å². The van der Waals surface area contributed by atoms with Crippen molar-refractivity contribution >= 4 is 23.3 Å². The van der Waals surface area contributed by atoms with E-state index in [4.69, 9.17) is 11.6 Å². The van der Waals surface area contributed by atoms with Crippen LogP contribution in [-0.4, -0.2) is 39.9 Å². The first-order chi connectivity index (χ1) is 9.90. The van der Waals surface area contributed by atoms with Crippen molar-refractivity contribution in [2.24, 2.45) is 0 Å². The predicted octanol–water partition coefficient (Wildman–Crippen LogP) is 2.98. The van der Waals surface area contributed by atoms with E-state index in [0.717, 1.165) is 31.5 Å². The summed E-state index contributed by atoms with van der Waals surface area (Å²) in [4.78, 5) is 23.0. The van der Waals surface area contributed by atoms with E-state index >= 15 is 0 Å². The second-order valence-electron chi connectivity index (χ2n) is 5.90. The third kappa shape index (κ3) is 3.64. The minimum Gasteiger partial charge on any atom is -0.358 e. The van der Waals surface area contributed by atoms with Crippen LogP contribution in [0.25, 0.3) is 0 Å². The first-order valence-electron chi connectivity index (χ1n) is 7.49.